The molecule has 14 heavy (non-hydrogen) atoms. The largest absolute Gasteiger partial charge is 0.360 e. The minimum atomic E-state index is 0.943. The van der Waals surface area contributed by atoms with Crippen molar-refractivity contribution >= 4 is 16.7 Å². The molecule has 1 N–H and O–H groups in total. The Morgan fingerprint density at radius 2 is 2.00 bits per heavy atom. The normalized spacial score (nSPS) is 10.4. The van der Waals surface area contributed by atoms with E-state index < -0.39 is 0 Å². The van der Waals surface area contributed by atoms with Crippen molar-refractivity contribution in [1.29, 1.82) is 0 Å². The number of hydrogen-bond acceptors (Lipinski definition) is 4. The van der Waals surface area contributed by atoms with Crippen LogP contribution in [0.1, 0.15) is 45.4 Å². The molecule has 0 saturated carbocycles. The summed E-state index contributed by atoms with van der Waals surface area (Å²) in [5.41, 5.74) is 0. The van der Waals surface area contributed by atoms with Gasteiger partial charge >= 0.3 is 0 Å². The first kappa shape index (κ1) is 11.4. The molecule has 1 heterocycles. The summed E-state index contributed by atoms with van der Waals surface area (Å²) < 4.78 is 3.93. The summed E-state index contributed by atoms with van der Waals surface area (Å²) in [6.45, 7) is 3.28. The van der Waals surface area contributed by atoms with E-state index in [1.807, 2.05) is 0 Å². The molecule has 0 aliphatic rings. The quantitative estimate of drug-likeness (QED) is 0.673. The molecule has 0 fully saturated rings. The van der Waals surface area contributed by atoms with E-state index in [1.54, 1.807) is 6.33 Å². The van der Waals surface area contributed by atoms with Gasteiger partial charge in [0, 0.05) is 18.1 Å². The molecule has 0 amide bonds. The summed E-state index contributed by atoms with van der Waals surface area (Å²) >= 11 is 1.42. The van der Waals surface area contributed by atoms with Crippen molar-refractivity contribution in [2.24, 2.45) is 0 Å². The van der Waals surface area contributed by atoms with Crippen molar-refractivity contribution in [1.82, 2.24) is 9.36 Å². The predicted molar refractivity (Wildman–Crippen MR) is 61.8 cm³/mol. The van der Waals surface area contributed by atoms with Crippen LogP contribution in [0, 0.1) is 0 Å². The molecular weight excluding hydrogens is 194 g/mol. The molecule has 1 rings (SSSR count). The Kier molecular flexibility index (Phi) is 6.32. The standard InChI is InChI=1S/C10H19N3S/c1-2-3-4-5-6-7-8-11-10-12-9-13-14-10/h9H,2-8H2,1H3,(H,11,12,13). The van der Waals surface area contributed by atoms with Crippen LogP contribution in [0.2, 0.25) is 0 Å². The molecule has 0 aliphatic heterocycles. The van der Waals surface area contributed by atoms with E-state index in [-0.39, 0.29) is 0 Å². The summed E-state index contributed by atoms with van der Waals surface area (Å²) in [5, 5.41) is 4.20. The lowest BCUT2D eigenvalue weighted by Crippen LogP contribution is -2.00. The summed E-state index contributed by atoms with van der Waals surface area (Å²) in [7, 11) is 0. The number of rotatable bonds is 8. The van der Waals surface area contributed by atoms with Crippen molar-refractivity contribution < 1.29 is 0 Å². The van der Waals surface area contributed by atoms with Crippen LogP contribution >= 0.6 is 11.5 Å². The Labute approximate surface area is 90.1 Å². The minimum Gasteiger partial charge on any atom is -0.360 e. The first-order valence-corrected chi connectivity index (χ1v) is 6.21. The van der Waals surface area contributed by atoms with E-state index in [0.29, 0.717) is 0 Å². The Balaban J connectivity index is 1.85. The van der Waals surface area contributed by atoms with Crippen LogP contribution < -0.4 is 5.32 Å². The molecule has 1 aromatic rings. The third-order valence-electron chi connectivity index (χ3n) is 2.17. The Hall–Kier alpha value is -0.640. The van der Waals surface area contributed by atoms with E-state index in [0.717, 1.165) is 11.7 Å². The topological polar surface area (TPSA) is 37.8 Å². The average molecular weight is 213 g/mol. The van der Waals surface area contributed by atoms with E-state index in [1.165, 1.54) is 50.1 Å². The van der Waals surface area contributed by atoms with E-state index in [9.17, 15) is 0 Å². The molecule has 0 bridgehead atoms. The molecule has 0 radical (unpaired) electrons. The molecular formula is C10H19N3S. The SMILES string of the molecule is CCCCCCCCNc1ncns1. The summed E-state index contributed by atoms with van der Waals surface area (Å²) in [4.78, 5) is 4.06. The number of nitrogens with one attached hydrogen (secondary N) is 1. The summed E-state index contributed by atoms with van der Waals surface area (Å²) in [6.07, 6.45) is 9.61. The lowest BCUT2D eigenvalue weighted by atomic mass is 10.1. The number of anilines is 1. The second kappa shape index (κ2) is 7.74. The molecule has 1 aromatic heterocycles. The minimum absolute atomic E-state index is 0.943. The van der Waals surface area contributed by atoms with Gasteiger partial charge in [0.05, 0.1) is 0 Å². The fraction of sp³-hybridized carbons (Fsp3) is 0.800. The van der Waals surface area contributed by atoms with Crippen LogP contribution in [-0.2, 0) is 0 Å². The van der Waals surface area contributed by atoms with Crippen molar-refractivity contribution in [3.05, 3.63) is 6.33 Å². The summed E-state index contributed by atoms with van der Waals surface area (Å²) in [5.74, 6) is 0. The number of unbranched alkanes of at least 4 members (excludes halogenated alkanes) is 5. The van der Waals surface area contributed by atoms with Crippen molar-refractivity contribution in [3.63, 3.8) is 0 Å². The monoisotopic (exact) mass is 213 g/mol. The van der Waals surface area contributed by atoms with Gasteiger partial charge in [-0.3, -0.25) is 0 Å². The van der Waals surface area contributed by atoms with E-state index in [4.69, 9.17) is 0 Å². The Morgan fingerprint density at radius 1 is 1.21 bits per heavy atom. The third kappa shape index (κ3) is 5.17. The maximum absolute atomic E-state index is 4.06. The van der Waals surface area contributed by atoms with Crippen LogP contribution in [0.4, 0.5) is 5.13 Å². The summed E-state index contributed by atoms with van der Waals surface area (Å²) in [6, 6.07) is 0. The van der Waals surface area contributed by atoms with Gasteiger partial charge in [0.1, 0.15) is 6.33 Å². The van der Waals surface area contributed by atoms with Gasteiger partial charge in [0.15, 0.2) is 0 Å². The van der Waals surface area contributed by atoms with Crippen molar-refractivity contribution in [2.75, 3.05) is 11.9 Å². The fourth-order valence-corrected chi connectivity index (χ4v) is 1.81. The zero-order valence-corrected chi connectivity index (χ0v) is 9.65. The van der Waals surface area contributed by atoms with Gasteiger partial charge in [-0.2, -0.15) is 4.37 Å². The molecule has 0 atom stereocenters. The highest BCUT2D eigenvalue weighted by Crippen LogP contribution is 2.08. The van der Waals surface area contributed by atoms with Crippen molar-refractivity contribution in [2.45, 2.75) is 45.4 Å². The van der Waals surface area contributed by atoms with Gasteiger partial charge in [-0.25, -0.2) is 4.98 Å². The van der Waals surface area contributed by atoms with Gasteiger partial charge in [0.2, 0.25) is 5.13 Å². The fourth-order valence-electron chi connectivity index (χ4n) is 1.35. The smallest absolute Gasteiger partial charge is 0.202 e. The number of hydrogen-bond donors (Lipinski definition) is 1. The average Bonchev–Trinajstić information content (AvgIpc) is 2.69. The second-order valence-corrected chi connectivity index (χ2v) is 4.22. The van der Waals surface area contributed by atoms with Gasteiger partial charge in [-0.05, 0) is 6.42 Å². The molecule has 3 nitrogen and oxygen atoms in total. The molecule has 0 aliphatic carbocycles. The highest BCUT2D eigenvalue weighted by atomic mass is 32.1. The second-order valence-electron chi connectivity index (χ2n) is 3.44. The third-order valence-corrected chi connectivity index (χ3v) is 2.79. The highest BCUT2D eigenvalue weighted by molar-refractivity contribution is 7.09. The first-order valence-electron chi connectivity index (χ1n) is 5.44. The lowest BCUT2D eigenvalue weighted by Gasteiger charge is -2.01. The molecule has 0 saturated heterocycles. The number of nitrogens with zero attached hydrogens (tertiary/aromatic N) is 2. The lowest BCUT2D eigenvalue weighted by molar-refractivity contribution is 0.617. The molecule has 4 heteroatoms. The Bertz CT molecular complexity index is 211. The number of aromatic nitrogens is 2. The highest BCUT2D eigenvalue weighted by Gasteiger charge is 1.94. The van der Waals surface area contributed by atoms with Gasteiger partial charge in [-0.1, -0.05) is 39.0 Å². The zero-order chi connectivity index (χ0) is 10.1. The van der Waals surface area contributed by atoms with Crippen LogP contribution in [-0.4, -0.2) is 15.9 Å². The van der Waals surface area contributed by atoms with Crippen LogP contribution in [0.5, 0.6) is 0 Å². The molecule has 0 spiro atoms. The van der Waals surface area contributed by atoms with Gasteiger partial charge in [0.25, 0.3) is 0 Å². The zero-order valence-electron chi connectivity index (χ0n) is 8.83. The van der Waals surface area contributed by atoms with Crippen LogP contribution in [0.3, 0.4) is 0 Å². The Morgan fingerprint density at radius 3 is 2.71 bits per heavy atom. The van der Waals surface area contributed by atoms with Gasteiger partial charge in [-0.15, -0.1) is 0 Å². The van der Waals surface area contributed by atoms with E-state index in [2.05, 4.69) is 21.6 Å². The maximum Gasteiger partial charge on any atom is 0.202 e. The first-order chi connectivity index (χ1) is 6.93. The molecule has 80 valence electrons. The predicted octanol–water partition coefficient (Wildman–Crippen LogP) is 3.31. The van der Waals surface area contributed by atoms with Crippen molar-refractivity contribution in [3.8, 4) is 0 Å². The maximum atomic E-state index is 4.06. The van der Waals surface area contributed by atoms with Crippen LogP contribution in [0.25, 0.3) is 0 Å². The molecule has 0 unspecified atom stereocenters. The van der Waals surface area contributed by atoms with Gasteiger partial charge < -0.3 is 5.32 Å². The van der Waals surface area contributed by atoms with Crippen LogP contribution in [0.15, 0.2) is 6.33 Å². The van der Waals surface area contributed by atoms with E-state index >= 15 is 0 Å². The molecule has 0 aromatic carbocycles.